The average molecular weight is 264 g/mol. The van der Waals surface area contributed by atoms with E-state index in [2.05, 4.69) is 34.0 Å². The first-order valence-electron chi connectivity index (χ1n) is 6.98. The van der Waals surface area contributed by atoms with Crippen molar-refractivity contribution in [1.82, 2.24) is 15.3 Å². The van der Waals surface area contributed by atoms with Gasteiger partial charge in [-0.2, -0.15) is 0 Å². The van der Waals surface area contributed by atoms with Gasteiger partial charge in [-0.25, -0.2) is 9.97 Å². The van der Waals surface area contributed by atoms with Crippen LogP contribution in [0.5, 0.6) is 0 Å². The SMILES string of the molecule is CCNCc1cnc(N2CCCC(C)(OC)C2)nc1. The summed E-state index contributed by atoms with van der Waals surface area (Å²) < 4.78 is 5.60. The smallest absolute Gasteiger partial charge is 0.225 e. The Morgan fingerprint density at radius 1 is 1.42 bits per heavy atom. The van der Waals surface area contributed by atoms with Crippen molar-refractivity contribution in [1.29, 1.82) is 0 Å². The van der Waals surface area contributed by atoms with Crippen molar-refractivity contribution in [2.24, 2.45) is 0 Å². The van der Waals surface area contributed by atoms with Gasteiger partial charge in [-0.05, 0) is 26.3 Å². The molecule has 0 aliphatic carbocycles. The number of nitrogens with zero attached hydrogens (tertiary/aromatic N) is 3. The summed E-state index contributed by atoms with van der Waals surface area (Å²) in [6.45, 7) is 7.89. The third kappa shape index (κ3) is 3.64. The van der Waals surface area contributed by atoms with E-state index in [4.69, 9.17) is 4.74 Å². The molecule has 0 spiro atoms. The molecule has 1 aromatic rings. The lowest BCUT2D eigenvalue weighted by Crippen LogP contribution is -2.48. The molecule has 1 N–H and O–H groups in total. The van der Waals surface area contributed by atoms with Crippen LogP contribution < -0.4 is 10.2 Å². The Kier molecular flexibility index (Phi) is 4.71. The summed E-state index contributed by atoms with van der Waals surface area (Å²) in [6, 6.07) is 0. The molecule has 1 atom stereocenters. The summed E-state index contributed by atoms with van der Waals surface area (Å²) in [5.74, 6) is 0.809. The van der Waals surface area contributed by atoms with Crippen molar-refractivity contribution >= 4 is 5.95 Å². The van der Waals surface area contributed by atoms with Gasteiger partial charge in [0.15, 0.2) is 0 Å². The van der Waals surface area contributed by atoms with Crippen LogP contribution >= 0.6 is 0 Å². The number of hydrogen-bond donors (Lipinski definition) is 1. The second kappa shape index (κ2) is 6.30. The normalized spacial score (nSPS) is 23.6. The number of rotatable bonds is 5. The van der Waals surface area contributed by atoms with Gasteiger partial charge < -0.3 is 15.0 Å². The lowest BCUT2D eigenvalue weighted by Gasteiger charge is -2.39. The monoisotopic (exact) mass is 264 g/mol. The Bertz CT molecular complexity index is 395. The van der Waals surface area contributed by atoms with Crippen LogP contribution in [-0.4, -0.2) is 42.3 Å². The van der Waals surface area contributed by atoms with E-state index in [1.165, 1.54) is 0 Å². The molecule has 1 fully saturated rings. The molecule has 0 bridgehead atoms. The molecule has 0 saturated carbocycles. The molecule has 106 valence electrons. The van der Waals surface area contributed by atoms with Gasteiger partial charge in [0.25, 0.3) is 0 Å². The maximum Gasteiger partial charge on any atom is 0.225 e. The lowest BCUT2D eigenvalue weighted by atomic mass is 9.95. The van der Waals surface area contributed by atoms with E-state index in [1.54, 1.807) is 7.11 Å². The van der Waals surface area contributed by atoms with E-state index >= 15 is 0 Å². The summed E-state index contributed by atoms with van der Waals surface area (Å²) in [7, 11) is 1.78. The Morgan fingerprint density at radius 3 is 2.79 bits per heavy atom. The van der Waals surface area contributed by atoms with E-state index in [-0.39, 0.29) is 5.60 Å². The number of ether oxygens (including phenoxy) is 1. The van der Waals surface area contributed by atoms with Gasteiger partial charge in [-0.3, -0.25) is 0 Å². The van der Waals surface area contributed by atoms with Crippen LogP contribution in [0, 0.1) is 0 Å². The van der Waals surface area contributed by atoms with Crippen molar-refractivity contribution in [3.05, 3.63) is 18.0 Å². The molecule has 5 heteroatoms. The second-order valence-electron chi connectivity index (χ2n) is 5.35. The second-order valence-corrected chi connectivity index (χ2v) is 5.35. The van der Waals surface area contributed by atoms with Gasteiger partial charge in [0.1, 0.15) is 0 Å². The summed E-state index contributed by atoms with van der Waals surface area (Å²) in [6.07, 6.45) is 6.03. The Balaban J connectivity index is 2.01. The molecule has 2 rings (SSSR count). The van der Waals surface area contributed by atoms with E-state index in [1.807, 2.05) is 12.4 Å². The third-order valence-electron chi connectivity index (χ3n) is 3.71. The average Bonchev–Trinajstić information content (AvgIpc) is 2.46. The van der Waals surface area contributed by atoms with Crippen LogP contribution in [0.15, 0.2) is 12.4 Å². The fourth-order valence-electron chi connectivity index (χ4n) is 2.41. The third-order valence-corrected chi connectivity index (χ3v) is 3.71. The highest BCUT2D eigenvalue weighted by molar-refractivity contribution is 5.31. The zero-order chi connectivity index (χ0) is 13.7. The van der Waals surface area contributed by atoms with Crippen LogP contribution in [0.1, 0.15) is 32.3 Å². The highest BCUT2D eigenvalue weighted by atomic mass is 16.5. The molecule has 1 aliphatic heterocycles. The molecule has 1 saturated heterocycles. The van der Waals surface area contributed by atoms with Crippen molar-refractivity contribution in [3.63, 3.8) is 0 Å². The molecule has 0 aromatic carbocycles. The highest BCUT2D eigenvalue weighted by Gasteiger charge is 2.31. The molecular weight excluding hydrogens is 240 g/mol. The predicted molar refractivity (Wildman–Crippen MR) is 76.3 cm³/mol. The van der Waals surface area contributed by atoms with Gasteiger partial charge in [0, 0.05) is 44.7 Å². The van der Waals surface area contributed by atoms with Crippen molar-refractivity contribution in [2.45, 2.75) is 38.8 Å². The van der Waals surface area contributed by atoms with Crippen LogP contribution in [0.2, 0.25) is 0 Å². The minimum Gasteiger partial charge on any atom is -0.377 e. The molecule has 0 radical (unpaired) electrons. The fourth-order valence-corrected chi connectivity index (χ4v) is 2.41. The summed E-state index contributed by atoms with van der Waals surface area (Å²) in [5, 5.41) is 3.27. The van der Waals surface area contributed by atoms with Gasteiger partial charge in [-0.1, -0.05) is 6.92 Å². The fraction of sp³-hybridized carbons (Fsp3) is 0.714. The maximum absolute atomic E-state index is 5.60. The number of aromatic nitrogens is 2. The highest BCUT2D eigenvalue weighted by Crippen LogP contribution is 2.25. The first kappa shape index (κ1) is 14.2. The lowest BCUT2D eigenvalue weighted by molar-refractivity contribution is -0.00498. The molecule has 1 aromatic heterocycles. The maximum atomic E-state index is 5.60. The Morgan fingerprint density at radius 2 is 2.16 bits per heavy atom. The van der Waals surface area contributed by atoms with Crippen molar-refractivity contribution in [2.75, 3.05) is 31.6 Å². The van der Waals surface area contributed by atoms with E-state index in [0.29, 0.717) is 0 Å². The topological polar surface area (TPSA) is 50.3 Å². The number of piperidine rings is 1. The van der Waals surface area contributed by atoms with E-state index < -0.39 is 0 Å². The largest absolute Gasteiger partial charge is 0.377 e. The predicted octanol–water partition coefficient (Wildman–Crippen LogP) is 1.59. The van der Waals surface area contributed by atoms with Crippen LogP contribution in [0.3, 0.4) is 0 Å². The molecular formula is C14H24N4O. The summed E-state index contributed by atoms with van der Waals surface area (Å²) >= 11 is 0. The molecule has 19 heavy (non-hydrogen) atoms. The Hall–Kier alpha value is -1.20. The molecule has 1 unspecified atom stereocenters. The van der Waals surface area contributed by atoms with Gasteiger partial charge in [0.2, 0.25) is 5.95 Å². The van der Waals surface area contributed by atoms with Gasteiger partial charge >= 0.3 is 0 Å². The number of nitrogens with one attached hydrogen (secondary N) is 1. The zero-order valence-corrected chi connectivity index (χ0v) is 12.1. The molecule has 2 heterocycles. The number of hydrogen-bond acceptors (Lipinski definition) is 5. The van der Waals surface area contributed by atoms with Crippen LogP contribution in [-0.2, 0) is 11.3 Å². The van der Waals surface area contributed by atoms with Crippen LogP contribution in [0.25, 0.3) is 0 Å². The van der Waals surface area contributed by atoms with Crippen molar-refractivity contribution in [3.8, 4) is 0 Å². The minimum absolute atomic E-state index is 0.0793. The quantitative estimate of drug-likeness (QED) is 0.875. The number of anilines is 1. The van der Waals surface area contributed by atoms with Gasteiger partial charge in [-0.15, -0.1) is 0 Å². The van der Waals surface area contributed by atoms with E-state index in [0.717, 1.165) is 50.5 Å². The summed E-state index contributed by atoms with van der Waals surface area (Å²) in [5.41, 5.74) is 1.04. The molecule has 1 aliphatic rings. The number of methoxy groups -OCH3 is 1. The first-order chi connectivity index (χ1) is 9.17. The molecule has 5 nitrogen and oxygen atoms in total. The van der Waals surface area contributed by atoms with Gasteiger partial charge in [0.05, 0.1) is 5.60 Å². The minimum atomic E-state index is -0.0793. The Labute approximate surface area is 115 Å². The first-order valence-corrected chi connectivity index (χ1v) is 6.98. The summed E-state index contributed by atoms with van der Waals surface area (Å²) in [4.78, 5) is 11.2. The standard InChI is InChI=1S/C14H24N4O/c1-4-15-8-12-9-16-13(17-10-12)18-7-5-6-14(2,11-18)19-3/h9-10,15H,4-8,11H2,1-3H3. The zero-order valence-electron chi connectivity index (χ0n) is 12.1. The molecule has 0 amide bonds. The van der Waals surface area contributed by atoms with Crippen LogP contribution in [0.4, 0.5) is 5.95 Å². The van der Waals surface area contributed by atoms with Crippen molar-refractivity contribution < 1.29 is 4.74 Å². The van der Waals surface area contributed by atoms with E-state index in [9.17, 15) is 0 Å².